The molecule has 0 atom stereocenters. The van der Waals surface area contributed by atoms with Gasteiger partial charge in [0.1, 0.15) is 11.5 Å². The van der Waals surface area contributed by atoms with Crippen LogP contribution in [0.2, 0.25) is 0 Å². The first-order valence-corrected chi connectivity index (χ1v) is 11.4. The van der Waals surface area contributed by atoms with Gasteiger partial charge in [0.2, 0.25) is 0 Å². The van der Waals surface area contributed by atoms with Gasteiger partial charge >= 0.3 is 0 Å². The highest BCUT2D eigenvalue weighted by molar-refractivity contribution is 6.14. The Morgan fingerprint density at radius 3 is 1.19 bits per heavy atom. The molecular formula is C28H26O8. The van der Waals surface area contributed by atoms with Gasteiger partial charge in [-0.05, 0) is 48.6 Å². The fourth-order valence-corrected chi connectivity index (χ4v) is 5.23. The zero-order valence-electron chi connectivity index (χ0n) is 20.2. The molecule has 0 spiro atoms. The number of rotatable bonds is 5. The summed E-state index contributed by atoms with van der Waals surface area (Å²) in [6.45, 7) is 6.85. The Morgan fingerprint density at radius 1 is 0.583 bits per heavy atom. The molecule has 0 heterocycles. The van der Waals surface area contributed by atoms with Crippen molar-refractivity contribution in [2.45, 2.75) is 40.5 Å². The molecule has 4 aromatic carbocycles. The molecule has 0 unspecified atom stereocenters. The number of phenols is 6. The predicted molar refractivity (Wildman–Crippen MR) is 136 cm³/mol. The van der Waals surface area contributed by atoms with Crippen LogP contribution in [-0.2, 0) is 12.8 Å². The number of carbonyl (C=O) groups excluding carboxylic acids is 2. The summed E-state index contributed by atoms with van der Waals surface area (Å²) in [4.78, 5) is 23.8. The van der Waals surface area contributed by atoms with Gasteiger partial charge in [0.25, 0.3) is 0 Å². The molecule has 0 saturated heterocycles. The largest absolute Gasteiger partial charge is 0.507 e. The van der Waals surface area contributed by atoms with Crippen molar-refractivity contribution >= 4 is 34.1 Å². The molecule has 8 heteroatoms. The van der Waals surface area contributed by atoms with Gasteiger partial charge in [-0.25, -0.2) is 0 Å². The van der Waals surface area contributed by atoms with Gasteiger partial charge in [0.15, 0.2) is 35.6 Å². The van der Waals surface area contributed by atoms with Crippen LogP contribution in [0.4, 0.5) is 0 Å². The van der Waals surface area contributed by atoms with E-state index in [0.29, 0.717) is 58.4 Å². The number of hydrogen-bond acceptors (Lipinski definition) is 8. The zero-order chi connectivity index (χ0) is 26.6. The summed E-state index contributed by atoms with van der Waals surface area (Å²) in [6, 6.07) is 3.29. The maximum Gasteiger partial charge on any atom is 0.169 e. The minimum Gasteiger partial charge on any atom is -0.507 e. The van der Waals surface area contributed by atoms with Gasteiger partial charge in [-0.2, -0.15) is 0 Å². The van der Waals surface area contributed by atoms with Crippen molar-refractivity contribution in [2.75, 3.05) is 0 Å². The summed E-state index contributed by atoms with van der Waals surface area (Å²) < 4.78 is 0. The highest BCUT2D eigenvalue weighted by Gasteiger charge is 2.28. The third-order valence-corrected chi connectivity index (χ3v) is 6.91. The summed E-state index contributed by atoms with van der Waals surface area (Å²) >= 11 is 0. The number of fused-ring (bicyclic) bond motifs is 2. The third-order valence-electron chi connectivity index (χ3n) is 6.91. The maximum atomic E-state index is 11.9. The topological polar surface area (TPSA) is 156 Å². The summed E-state index contributed by atoms with van der Waals surface area (Å²) in [5, 5.41) is 65.5. The first-order valence-electron chi connectivity index (χ1n) is 11.4. The van der Waals surface area contributed by atoms with Gasteiger partial charge in [0, 0.05) is 33.0 Å². The highest BCUT2D eigenvalue weighted by Crippen LogP contribution is 2.52. The number of hydrogen-bond donors (Lipinski definition) is 6. The second kappa shape index (κ2) is 8.64. The molecular weight excluding hydrogens is 464 g/mol. The fraction of sp³-hybridized carbons (Fsp3) is 0.214. The number of carbonyl (C=O) groups is 2. The molecule has 186 valence electrons. The van der Waals surface area contributed by atoms with Crippen LogP contribution in [0.1, 0.15) is 56.8 Å². The summed E-state index contributed by atoms with van der Waals surface area (Å²) in [6.07, 6.45) is 1.28. The lowest BCUT2D eigenvalue weighted by molar-refractivity contribution is 0.111. The minimum absolute atomic E-state index is 0.00931. The molecule has 0 bridgehead atoms. The molecule has 4 aromatic rings. The van der Waals surface area contributed by atoms with Crippen LogP contribution in [0.3, 0.4) is 0 Å². The molecule has 36 heavy (non-hydrogen) atoms. The lowest BCUT2D eigenvalue weighted by Gasteiger charge is -2.21. The Bertz CT molecular complexity index is 1490. The van der Waals surface area contributed by atoms with E-state index in [1.807, 2.05) is 0 Å². The standard InChI is InChI=1S/C28H26O8/c1-5-13-15-7-11(3)19(27(35)21(15)17(9-29)25(33)23(13)31)20-12(4)8-16-14(6-2)24(32)26(34)18(10-30)22(16)28(20)36/h7-10,31-36H,5-6H2,1-4H3. The van der Waals surface area contributed by atoms with E-state index in [4.69, 9.17) is 0 Å². The van der Waals surface area contributed by atoms with Crippen LogP contribution in [0.25, 0.3) is 32.7 Å². The van der Waals surface area contributed by atoms with Crippen LogP contribution < -0.4 is 0 Å². The van der Waals surface area contributed by atoms with Crippen LogP contribution >= 0.6 is 0 Å². The fourth-order valence-electron chi connectivity index (χ4n) is 5.23. The van der Waals surface area contributed by atoms with Crippen LogP contribution in [0.5, 0.6) is 34.5 Å². The predicted octanol–water partition coefficient (Wildman–Crippen LogP) is 5.26. The number of aldehydes is 2. The maximum absolute atomic E-state index is 11.9. The van der Waals surface area contributed by atoms with Crippen molar-refractivity contribution in [3.63, 3.8) is 0 Å². The molecule has 0 fully saturated rings. The second-order valence-electron chi connectivity index (χ2n) is 8.80. The summed E-state index contributed by atoms with van der Waals surface area (Å²) in [7, 11) is 0. The third kappa shape index (κ3) is 3.14. The molecule has 0 amide bonds. The molecule has 0 aliphatic heterocycles. The molecule has 0 aliphatic carbocycles. The Hall–Kier alpha value is -4.46. The van der Waals surface area contributed by atoms with Crippen molar-refractivity contribution in [3.05, 3.63) is 45.5 Å². The molecule has 6 N–H and O–H groups in total. The monoisotopic (exact) mass is 490 g/mol. The van der Waals surface area contributed by atoms with E-state index in [2.05, 4.69) is 0 Å². The van der Waals surface area contributed by atoms with E-state index in [-0.39, 0.29) is 33.0 Å². The van der Waals surface area contributed by atoms with E-state index in [9.17, 15) is 40.2 Å². The normalized spacial score (nSPS) is 11.3. The lowest BCUT2D eigenvalue weighted by Crippen LogP contribution is -1.99. The van der Waals surface area contributed by atoms with E-state index in [1.54, 1.807) is 39.8 Å². The van der Waals surface area contributed by atoms with Crippen LogP contribution in [0.15, 0.2) is 12.1 Å². The first-order chi connectivity index (χ1) is 17.0. The quantitative estimate of drug-likeness (QED) is 0.163. The number of aromatic hydroxyl groups is 6. The van der Waals surface area contributed by atoms with E-state index in [0.717, 1.165) is 0 Å². The lowest BCUT2D eigenvalue weighted by atomic mass is 9.85. The smallest absolute Gasteiger partial charge is 0.169 e. The van der Waals surface area contributed by atoms with E-state index < -0.39 is 34.5 Å². The zero-order valence-corrected chi connectivity index (χ0v) is 20.2. The van der Waals surface area contributed by atoms with Crippen molar-refractivity contribution in [2.24, 2.45) is 0 Å². The van der Waals surface area contributed by atoms with Gasteiger partial charge in [-0.3, -0.25) is 9.59 Å². The van der Waals surface area contributed by atoms with Crippen LogP contribution in [-0.4, -0.2) is 43.2 Å². The van der Waals surface area contributed by atoms with Crippen molar-refractivity contribution in [1.82, 2.24) is 0 Å². The van der Waals surface area contributed by atoms with E-state index >= 15 is 0 Å². The van der Waals surface area contributed by atoms with Crippen molar-refractivity contribution < 1.29 is 40.2 Å². The number of aryl methyl sites for hydroxylation is 4. The minimum atomic E-state index is -0.657. The van der Waals surface area contributed by atoms with Gasteiger partial charge in [-0.1, -0.05) is 26.0 Å². The summed E-state index contributed by atoms with van der Waals surface area (Å²) in [5.74, 6) is -3.00. The first kappa shape index (κ1) is 24.7. The van der Waals surface area contributed by atoms with Gasteiger partial charge in [0.05, 0.1) is 11.1 Å². The van der Waals surface area contributed by atoms with Crippen molar-refractivity contribution in [3.8, 4) is 45.6 Å². The molecule has 8 nitrogen and oxygen atoms in total. The highest BCUT2D eigenvalue weighted by atomic mass is 16.3. The Morgan fingerprint density at radius 2 is 0.917 bits per heavy atom. The average molecular weight is 491 g/mol. The number of benzene rings is 4. The average Bonchev–Trinajstić information content (AvgIpc) is 2.84. The van der Waals surface area contributed by atoms with Gasteiger partial charge in [-0.15, -0.1) is 0 Å². The molecule has 0 saturated carbocycles. The SMILES string of the molecule is CCc1c(O)c(O)c(C=O)c2c(O)c(-c3c(C)cc4c(CC)c(O)c(O)c(C=O)c4c3O)c(C)cc12. The molecule has 0 aliphatic rings. The molecule has 0 aromatic heterocycles. The van der Waals surface area contributed by atoms with Crippen LogP contribution in [0, 0.1) is 13.8 Å². The molecule has 4 rings (SSSR count). The molecule has 0 radical (unpaired) electrons. The Balaban J connectivity index is 2.26. The summed E-state index contributed by atoms with van der Waals surface area (Å²) in [5.41, 5.74) is 1.35. The Kier molecular flexibility index (Phi) is 5.92. The van der Waals surface area contributed by atoms with Gasteiger partial charge < -0.3 is 30.6 Å². The van der Waals surface area contributed by atoms with E-state index in [1.165, 1.54) is 0 Å². The number of phenolic OH excluding ortho intramolecular Hbond substituents is 6. The Labute approximate surface area is 206 Å². The second-order valence-corrected chi connectivity index (χ2v) is 8.80. The van der Waals surface area contributed by atoms with Crippen molar-refractivity contribution in [1.29, 1.82) is 0 Å².